The Labute approximate surface area is 179 Å². The molecule has 2 aromatic heterocycles. The van der Waals surface area contributed by atoms with Crippen molar-refractivity contribution < 1.29 is 22.8 Å². The van der Waals surface area contributed by atoms with Crippen molar-refractivity contribution in [2.75, 3.05) is 5.32 Å². The van der Waals surface area contributed by atoms with Gasteiger partial charge in [0, 0.05) is 30.0 Å². The lowest BCUT2D eigenvalue weighted by molar-refractivity contribution is -0.137. The summed E-state index contributed by atoms with van der Waals surface area (Å²) in [7, 11) is 0. The third-order valence-electron chi connectivity index (χ3n) is 3.88. The van der Waals surface area contributed by atoms with Crippen molar-refractivity contribution in [3.63, 3.8) is 0 Å². The number of hydrogen-bond donors (Lipinski definition) is 3. The second-order valence-electron chi connectivity index (χ2n) is 6.11. The quantitative estimate of drug-likeness (QED) is 0.401. The number of pyridine rings is 2. The first-order chi connectivity index (χ1) is 14.8. The average molecular weight is 447 g/mol. The van der Waals surface area contributed by atoms with Crippen LogP contribution < -0.4 is 16.2 Å². The second-order valence-corrected chi connectivity index (χ2v) is 7.08. The Kier molecular flexibility index (Phi) is 7.08. The molecule has 3 aromatic rings. The average Bonchev–Trinajstić information content (AvgIpc) is 2.76. The maximum atomic E-state index is 12.8. The minimum Gasteiger partial charge on any atom is -0.307 e. The van der Waals surface area contributed by atoms with E-state index in [0.29, 0.717) is 10.8 Å². The van der Waals surface area contributed by atoms with Gasteiger partial charge in [-0.2, -0.15) is 13.2 Å². The van der Waals surface area contributed by atoms with E-state index in [2.05, 4.69) is 26.1 Å². The van der Waals surface area contributed by atoms with Crippen LogP contribution in [0.25, 0.3) is 0 Å². The number of halogens is 3. The van der Waals surface area contributed by atoms with Crippen molar-refractivity contribution in [3.05, 3.63) is 83.8 Å². The van der Waals surface area contributed by atoms with Gasteiger partial charge in [0.05, 0.1) is 11.1 Å². The van der Waals surface area contributed by atoms with Gasteiger partial charge in [0.2, 0.25) is 0 Å². The summed E-state index contributed by atoms with van der Waals surface area (Å²) in [6.07, 6.45) is 0.330. The van der Waals surface area contributed by atoms with Crippen molar-refractivity contribution in [2.45, 2.75) is 17.0 Å². The van der Waals surface area contributed by atoms with Gasteiger partial charge < -0.3 is 5.32 Å². The molecule has 3 rings (SSSR count). The van der Waals surface area contributed by atoms with Crippen LogP contribution in [0.15, 0.2) is 72.1 Å². The first-order valence-electron chi connectivity index (χ1n) is 8.84. The highest BCUT2D eigenvalue weighted by molar-refractivity contribution is 7.98. The molecule has 0 bridgehead atoms. The number of nitrogens with one attached hydrogen (secondary N) is 3. The van der Waals surface area contributed by atoms with Gasteiger partial charge in [-0.25, -0.2) is 15.2 Å². The number of hydrogen-bond acceptors (Lipinski definition) is 5. The van der Waals surface area contributed by atoms with Crippen molar-refractivity contribution >= 4 is 29.4 Å². The molecule has 3 amide bonds. The second kappa shape index (κ2) is 9.94. The topological polar surface area (TPSA) is 96.0 Å². The minimum atomic E-state index is -4.53. The number of thioether (sulfide) groups is 1. The Morgan fingerprint density at radius 2 is 1.74 bits per heavy atom. The largest absolute Gasteiger partial charge is 0.416 e. The predicted octanol–water partition coefficient (Wildman–Crippen LogP) is 4.25. The highest BCUT2D eigenvalue weighted by Crippen LogP contribution is 2.30. The lowest BCUT2D eigenvalue weighted by atomic mass is 10.2. The number of nitrogens with zero attached hydrogens (tertiary/aromatic N) is 2. The van der Waals surface area contributed by atoms with Crippen LogP contribution in [0.3, 0.4) is 0 Å². The molecule has 160 valence electrons. The van der Waals surface area contributed by atoms with E-state index >= 15 is 0 Å². The molecule has 0 fully saturated rings. The third-order valence-corrected chi connectivity index (χ3v) is 4.95. The SMILES string of the molecule is O=C(NNC(=O)c1cccnc1SCc1ccncc1)Nc1cccc(C(F)(F)F)c1. The zero-order valence-corrected chi connectivity index (χ0v) is 16.6. The molecule has 0 aliphatic heterocycles. The number of carbonyl (C=O) groups is 2. The Morgan fingerprint density at radius 1 is 0.968 bits per heavy atom. The lowest BCUT2D eigenvalue weighted by Gasteiger charge is -2.12. The maximum Gasteiger partial charge on any atom is 0.416 e. The minimum absolute atomic E-state index is 0.0726. The van der Waals surface area contributed by atoms with E-state index in [1.807, 2.05) is 12.1 Å². The molecule has 2 heterocycles. The van der Waals surface area contributed by atoms with Crippen LogP contribution in [0.2, 0.25) is 0 Å². The molecule has 3 N–H and O–H groups in total. The molecule has 0 saturated carbocycles. The highest BCUT2D eigenvalue weighted by Gasteiger charge is 2.30. The summed E-state index contributed by atoms with van der Waals surface area (Å²) in [5, 5.41) is 2.69. The van der Waals surface area contributed by atoms with Gasteiger partial charge in [-0.15, -0.1) is 11.8 Å². The van der Waals surface area contributed by atoms with Crippen LogP contribution in [-0.2, 0) is 11.9 Å². The monoisotopic (exact) mass is 447 g/mol. The van der Waals surface area contributed by atoms with Gasteiger partial charge in [0.15, 0.2) is 0 Å². The number of aromatic nitrogens is 2. The van der Waals surface area contributed by atoms with Gasteiger partial charge in [-0.3, -0.25) is 15.2 Å². The van der Waals surface area contributed by atoms with Crippen LogP contribution >= 0.6 is 11.8 Å². The number of amides is 3. The van der Waals surface area contributed by atoms with Crippen LogP contribution in [0.5, 0.6) is 0 Å². The highest BCUT2D eigenvalue weighted by atomic mass is 32.2. The van der Waals surface area contributed by atoms with E-state index < -0.39 is 23.7 Å². The van der Waals surface area contributed by atoms with E-state index in [1.165, 1.54) is 23.9 Å². The predicted molar refractivity (Wildman–Crippen MR) is 109 cm³/mol. The summed E-state index contributed by atoms with van der Waals surface area (Å²) in [6, 6.07) is 10.0. The Hall–Kier alpha value is -3.60. The summed E-state index contributed by atoms with van der Waals surface area (Å²) in [5.74, 6) is -0.0620. The number of hydrazine groups is 1. The van der Waals surface area contributed by atoms with E-state index in [9.17, 15) is 22.8 Å². The summed E-state index contributed by atoms with van der Waals surface area (Å²) in [6.45, 7) is 0. The number of carbonyl (C=O) groups excluding carboxylic acids is 2. The molecule has 0 radical (unpaired) electrons. The molecule has 0 aliphatic carbocycles. The van der Waals surface area contributed by atoms with Crippen LogP contribution in [-0.4, -0.2) is 21.9 Å². The molecular formula is C20H16F3N5O2S. The number of anilines is 1. The maximum absolute atomic E-state index is 12.8. The first kappa shape index (κ1) is 22.1. The molecule has 0 unspecified atom stereocenters. The van der Waals surface area contributed by atoms with E-state index in [1.54, 1.807) is 30.7 Å². The molecular weight excluding hydrogens is 431 g/mol. The van der Waals surface area contributed by atoms with E-state index in [4.69, 9.17) is 0 Å². The fourth-order valence-corrected chi connectivity index (χ4v) is 3.37. The van der Waals surface area contributed by atoms with Crippen LogP contribution in [0, 0.1) is 0 Å². The fraction of sp³-hybridized carbons (Fsp3) is 0.100. The zero-order valence-electron chi connectivity index (χ0n) is 15.8. The lowest BCUT2D eigenvalue weighted by Crippen LogP contribution is -2.44. The van der Waals surface area contributed by atoms with Gasteiger partial charge in [0.1, 0.15) is 5.03 Å². The van der Waals surface area contributed by atoms with Gasteiger partial charge in [-0.1, -0.05) is 6.07 Å². The van der Waals surface area contributed by atoms with Crippen LogP contribution in [0.4, 0.5) is 23.7 Å². The summed E-state index contributed by atoms with van der Waals surface area (Å²) >= 11 is 1.33. The van der Waals surface area contributed by atoms with Gasteiger partial charge >= 0.3 is 12.2 Å². The van der Waals surface area contributed by atoms with Gasteiger partial charge in [-0.05, 0) is 48.0 Å². The van der Waals surface area contributed by atoms with E-state index in [0.717, 1.165) is 17.7 Å². The summed E-state index contributed by atoms with van der Waals surface area (Å²) in [5.41, 5.74) is 4.59. The number of urea groups is 1. The van der Waals surface area contributed by atoms with Crippen LogP contribution in [0.1, 0.15) is 21.5 Å². The number of alkyl halides is 3. The smallest absolute Gasteiger partial charge is 0.307 e. The third kappa shape index (κ3) is 6.44. The Bertz CT molecular complexity index is 1060. The van der Waals surface area contributed by atoms with Crippen molar-refractivity contribution in [3.8, 4) is 0 Å². The summed E-state index contributed by atoms with van der Waals surface area (Å²) < 4.78 is 38.3. The van der Waals surface area contributed by atoms with Gasteiger partial charge in [0.25, 0.3) is 5.91 Å². The molecule has 1 aromatic carbocycles. The first-order valence-corrected chi connectivity index (χ1v) is 9.83. The number of rotatable bonds is 5. The van der Waals surface area contributed by atoms with E-state index in [-0.39, 0.29) is 11.3 Å². The normalized spacial score (nSPS) is 10.9. The molecule has 11 heteroatoms. The Morgan fingerprint density at radius 3 is 2.48 bits per heavy atom. The number of benzene rings is 1. The molecule has 7 nitrogen and oxygen atoms in total. The van der Waals surface area contributed by atoms with Crippen molar-refractivity contribution in [1.29, 1.82) is 0 Å². The Balaban J connectivity index is 1.58. The summed E-state index contributed by atoms with van der Waals surface area (Å²) in [4.78, 5) is 32.6. The van der Waals surface area contributed by atoms with Crippen molar-refractivity contribution in [1.82, 2.24) is 20.8 Å². The fourth-order valence-electron chi connectivity index (χ4n) is 2.43. The molecule has 0 saturated heterocycles. The molecule has 31 heavy (non-hydrogen) atoms. The zero-order chi connectivity index (χ0) is 22.3. The molecule has 0 spiro atoms. The molecule has 0 atom stereocenters. The molecule has 0 aliphatic rings. The standard InChI is InChI=1S/C20H16F3N5O2S/c21-20(22,23)14-3-1-4-15(11-14)26-19(30)28-27-17(29)16-5-2-8-25-18(16)31-12-13-6-9-24-10-7-13/h1-11H,12H2,(H,27,29)(H2,26,28,30). The van der Waals surface area contributed by atoms with Crippen molar-refractivity contribution in [2.24, 2.45) is 0 Å².